The number of primary amides is 1. The lowest BCUT2D eigenvalue weighted by molar-refractivity contribution is -0.120. The summed E-state index contributed by atoms with van der Waals surface area (Å²) in [5.41, 5.74) is 7.74. The summed E-state index contributed by atoms with van der Waals surface area (Å²) >= 11 is 0. The lowest BCUT2D eigenvalue weighted by Crippen LogP contribution is -2.20. The molecule has 0 bridgehead atoms. The molecule has 0 aliphatic rings. The average molecular weight is 298 g/mol. The van der Waals surface area contributed by atoms with E-state index < -0.39 is 5.91 Å². The summed E-state index contributed by atoms with van der Waals surface area (Å²) in [6.45, 7) is 1.81. The third-order valence-corrected chi connectivity index (χ3v) is 2.98. The molecule has 5 nitrogen and oxygen atoms in total. The Morgan fingerprint density at radius 3 is 2.55 bits per heavy atom. The minimum absolute atomic E-state index is 0.115. The topological polar surface area (TPSA) is 81.4 Å². The predicted molar refractivity (Wildman–Crippen MR) is 84.6 cm³/mol. The molecule has 0 unspecified atom stereocenters. The van der Waals surface area contributed by atoms with E-state index in [1.807, 2.05) is 31.2 Å². The maximum Gasteiger partial charge on any atom is 0.255 e. The van der Waals surface area contributed by atoms with E-state index in [0.29, 0.717) is 17.9 Å². The monoisotopic (exact) mass is 298 g/mol. The maximum absolute atomic E-state index is 12.0. The number of ether oxygens (including phenoxy) is 1. The van der Waals surface area contributed by atoms with Gasteiger partial charge in [-0.25, -0.2) is 0 Å². The summed E-state index contributed by atoms with van der Waals surface area (Å²) < 4.78 is 5.20. The Bertz CT molecular complexity index is 666. The number of rotatable bonds is 6. The highest BCUT2D eigenvalue weighted by Gasteiger charge is 2.05. The average Bonchev–Trinajstić information content (AvgIpc) is 2.48. The summed E-state index contributed by atoms with van der Waals surface area (Å²) in [6.07, 6.45) is 0.298. The number of hydrogen-bond donors (Lipinski definition) is 2. The molecule has 2 aromatic carbocycles. The molecular weight excluding hydrogens is 280 g/mol. The molecule has 2 amide bonds. The lowest BCUT2D eigenvalue weighted by atomic mass is 10.1. The summed E-state index contributed by atoms with van der Waals surface area (Å²) in [7, 11) is 0. The largest absolute Gasteiger partial charge is 0.484 e. The van der Waals surface area contributed by atoms with E-state index in [1.54, 1.807) is 24.3 Å². The van der Waals surface area contributed by atoms with Gasteiger partial charge in [0.05, 0.1) is 6.42 Å². The van der Waals surface area contributed by atoms with Gasteiger partial charge in [-0.15, -0.1) is 0 Å². The molecule has 114 valence electrons. The minimum atomic E-state index is -0.547. The van der Waals surface area contributed by atoms with Crippen molar-refractivity contribution in [2.75, 3.05) is 11.9 Å². The van der Waals surface area contributed by atoms with Crippen molar-refractivity contribution in [3.05, 3.63) is 59.7 Å². The first-order valence-electron chi connectivity index (χ1n) is 6.89. The van der Waals surface area contributed by atoms with Crippen molar-refractivity contribution < 1.29 is 14.3 Å². The lowest BCUT2D eigenvalue weighted by Gasteiger charge is -2.08. The third-order valence-electron chi connectivity index (χ3n) is 2.98. The van der Waals surface area contributed by atoms with E-state index in [1.165, 1.54) is 0 Å². The van der Waals surface area contributed by atoms with Crippen LogP contribution in [-0.2, 0) is 16.0 Å². The number of carbonyl (C=O) groups is 2. The van der Waals surface area contributed by atoms with Crippen LogP contribution in [0.5, 0.6) is 5.75 Å². The number of nitrogens with two attached hydrogens (primary N) is 1. The second kappa shape index (κ2) is 7.26. The van der Waals surface area contributed by atoms with Crippen LogP contribution in [0.1, 0.15) is 11.1 Å². The van der Waals surface area contributed by atoms with Crippen molar-refractivity contribution in [3.63, 3.8) is 0 Å². The minimum Gasteiger partial charge on any atom is -0.484 e. The van der Waals surface area contributed by atoms with E-state index in [2.05, 4.69) is 5.32 Å². The van der Waals surface area contributed by atoms with Crippen molar-refractivity contribution in [2.45, 2.75) is 13.3 Å². The predicted octanol–water partition coefficient (Wildman–Crippen LogP) is 2.04. The molecule has 0 atom stereocenters. The molecule has 0 heterocycles. The fraction of sp³-hybridized carbons (Fsp3) is 0.176. The summed E-state index contributed by atoms with van der Waals surface area (Å²) in [6, 6.07) is 14.6. The van der Waals surface area contributed by atoms with Crippen LogP contribution >= 0.6 is 0 Å². The number of carbonyl (C=O) groups excluding carboxylic acids is 2. The molecule has 2 rings (SSSR count). The molecule has 2 aromatic rings. The van der Waals surface area contributed by atoms with Gasteiger partial charge in [-0.3, -0.25) is 9.59 Å². The Hall–Kier alpha value is -2.82. The van der Waals surface area contributed by atoms with Crippen molar-refractivity contribution in [1.82, 2.24) is 0 Å². The van der Waals surface area contributed by atoms with Crippen LogP contribution in [0.15, 0.2) is 48.5 Å². The maximum atomic E-state index is 12.0. The second-order valence-corrected chi connectivity index (χ2v) is 4.99. The highest BCUT2D eigenvalue weighted by Crippen LogP contribution is 2.17. The first-order valence-corrected chi connectivity index (χ1v) is 6.89. The quantitative estimate of drug-likeness (QED) is 0.856. The third kappa shape index (κ3) is 4.94. The second-order valence-electron chi connectivity index (χ2n) is 4.99. The van der Waals surface area contributed by atoms with E-state index in [9.17, 15) is 9.59 Å². The fourth-order valence-corrected chi connectivity index (χ4v) is 1.91. The zero-order valence-electron chi connectivity index (χ0n) is 12.3. The number of aryl methyl sites for hydroxylation is 1. The molecule has 0 spiro atoms. The van der Waals surface area contributed by atoms with Crippen LogP contribution in [0.3, 0.4) is 0 Å². The van der Waals surface area contributed by atoms with Gasteiger partial charge in [0.2, 0.25) is 5.91 Å². The molecule has 3 N–H and O–H groups in total. The number of anilines is 1. The first-order chi connectivity index (χ1) is 10.5. The molecule has 0 aliphatic heterocycles. The molecule has 0 radical (unpaired) electrons. The smallest absolute Gasteiger partial charge is 0.255 e. The van der Waals surface area contributed by atoms with Crippen LogP contribution in [0.4, 0.5) is 5.69 Å². The Morgan fingerprint density at radius 1 is 1.14 bits per heavy atom. The Balaban J connectivity index is 1.94. The molecule has 0 saturated carbocycles. The molecule has 0 saturated heterocycles. The van der Waals surface area contributed by atoms with Crippen LogP contribution < -0.4 is 15.8 Å². The van der Waals surface area contributed by atoms with Crippen molar-refractivity contribution in [2.24, 2.45) is 5.73 Å². The van der Waals surface area contributed by atoms with Gasteiger partial charge < -0.3 is 15.8 Å². The van der Waals surface area contributed by atoms with Gasteiger partial charge in [0.15, 0.2) is 6.61 Å². The fourth-order valence-electron chi connectivity index (χ4n) is 1.91. The van der Waals surface area contributed by atoms with Crippen molar-refractivity contribution >= 4 is 17.5 Å². The van der Waals surface area contributed by atoms with Gasteiger partial charge in [-0.1, -0.05) is 35.9 Å². The summed E-state index contributed by atoms with van der Waals surface area (Å²) in [4.78, 5) is 22.7. The van der Waals surface area contributed by atoms with Crippen LogP contribution in [-0.4, -0.2) is 18.4 Å². The van der Waals surface area contributed by atoms with Gasteiger partial charge in [-0.2, -0.15) is 0 Å². The molecule has 5 heteroatoms. The van der Waals surface area contributed by atoms with Gasteiger partial charge in [0, 0.05) is 11.8 Å². The highest BCUT2D eigenvalue weighted by molar-refractivity contribution is 5.92. The Morgan fingerprint density at radius 2 is 1.86 bits per heavy atom. The zero-order chi connectivity index (χ0) is 15.9. The normalized spacial score (nSPS) is 10.0. The molecule has 0 aromatic heterocycles. The summed E-state index contributed by atoms with van der Waals surface area (Å²) in [5, 5.41) is 2.80. The van der Waals surface area contributed by atoms with Crippen LogP contribution in [0.2, 0.25) is 0 Å². The molecule has 0 fully saturated rings. The Labute approximate surface area is 129 Å². The van der Waals surface area contributed by atoms with Gasteiger partial charge in [0.1, 0.15) is 5.75 Å². The number of nitrogens with one attached hydrogen (secondary N) is 1. The summed E-state index contributed by atoms with van der Waals surface area (Å²) in [5.74, 6) is -0.184. The highest BCUT2D eigenvalue weighted by atomic mass is 16.5. The van der Waals surface area contributed by atoms with Gasteiger partial charge in [-0.05, 0) is 24.6 Å². The Kier molecular flexibility index (Phi) is 5.14. The SMILES string of the molecule is Cc1ccc(CC(=O)Nc2cccc(OCC(N)=O)c2)cc1. The van der Waals surface area contributed by atoms with E-state index in [0.717, 1.165) is 11.1 Å². The van der Waals surface area contributed by atoms with Crippen molar-refractivity contribution in [1.29, 1.82) is 0 Å². The first kappa shape index (κ1) is 15.6. The van der Waals surface area contributed by atoms with Gasteiger partial charge in [0.25, 0.3) is 5.91 Å². The van der Waals surface area contributed by atoms with E-state index >= 15 is 0 Å². The van der Waals surface area contributed by atoms with E-state index in [-0.39, 0.29) is 12.5 Å². The number of benzene rings is 2. The standard InChI is InChI=1S/C17H18N2O3/c1-12-5-7-13(8-6-12)9-17(21)19-14-3-2-4-15(10-14)22-11-16(18)20/h2-8,10H,9,11H2,1H3,(H2,18,20)(H,19,21). The number of amides is 2. The molecule has 0 aliphatic carbocycles. The molecule has 22 heavy (non-hydrogen) atoms. The van der Waals surface area contributed by atoms with Gasteiger partial charge >= 0.3 is 0 Å². The van der Waals surface area contributed by atoms with Crippen molar-refractivity contribution in [3.8, 4) is 5.75 Å². The van der Waals surface area contributed by atoms with E-state index in [4.69, 9.17) is 10.5 Å². The van der Waals surface area contributed by atoms with Crippen LogP contribution in [0, 0.1) is 6.92 Å². The molecular formula is C17H18N2O3. The zero-order valence-corrected chi connectivity index (χ0v) is 12.3. The van der Waals surface area contributed by atoms with Crippen LogP contribution in [0.25, 0.3) is 0 Å². The number of hydrogen-bond acceptors (Lipinski definition) is 3.